The van der Waals surface area contributed by atoms with Crippen molar-refractivity contribution in [3.8, 4) is 0 Å². The Balaban J connectivity index is 1.37. The summed E-state index contributed by atoms with van der Waals surface area (Å²) in [5, 5.41) is 50.1. The summed E-state index contributed by atoms with van der Waals surface area (Å²) >= 11 is 0. The molecule has 14 nitrogen and oxygen atoms in total. The number of amides is 1. The average Bonchev–Trinajstić information content (AvgIpc) is 3.23. The second-order valence-electron chi connectivity index (χ2n) is 17.5. The van der Waals surface area contributed by atoms with Crippen molar-refractivity contribution in [2.24, 2.45) is 22.7 Å². The molecule has 0 unspecified atom stereocenters. The predicted molar refractivity (Wildman–Crippen MR) is 217 cm³/mol. The topological polar surface area (TPSA) is 223 Å². The Hall–Kier alpha value is -5.38. The van der Waals surface area contributed by atoms with Crippen LogP contribution in [0.2, 0.25) is 0 Å². The molecule has 14 heteroatoms. The Kier molecular flexibility index (Phi) is 11.8. The van der Waals surface area contributed by atoms with Crippen molar-refractivity contribution >= 4 is 35.2 Å². The minimum Gasteiger partial charge on any atom is -0.478 e. The fraction of sp³-hybridized carbons (Fsp3) is 0.447. The molecule has 5 N–H and O–H groups in total. The third kappa shape index (κ3) is 7.44. The van der Waals surface area contributed by atoms with Gasteiger partial charge in [-0.1, -0.05) is 74.5 Å². The molecule has 4 aliphatic rings. The molecule has 1 amide bonds. The van der Waals surface area contributed by atoms with Gasteiger partial charge in [0.25, 0.3) is 5.91 Å². The number of aliphatic hydroxyl groups is 3. The number of ether oxygens (including phenoxy) is 3. The summed E-state index contributed by atoms with van der Waals surface area (Å²) in [6.45, 7) is 7.06. The maximum Gasteiger partial charge on any atom is 0.338 e. The zero-order chi connectivity index (χ0) is 44.2. The summed E-state index contributed by atoms with van der Waals surface area (Å²) in [5.74, 6) is -7.56. The SMILES string of the molecule is CC(=O)C(=O)CO[C@H]1C(=O)[C@@]2(C)[C@H]([C@H]3CO[C@H]3C[C@@H]2O)[C@@H](c2ccc(C(=O)O)cc2)[C@]2(O)C[C@H](OC(=O)[C@H](O)[C@@H](NC(=O)c3ccccc3)c3ccccc3)C(C)=C1C2(C)C. The van der Waals surface area contributed by atoms with Crippen molar-refractivity contribution in [2.75, 3.05) is 13.2 Å². The number of carbonyl (C=O) groups excluding carboxylic acids is 5. The molecule has 0 radical (unpaired) electrons. The van der Waals surface area contributed by atoms with Crippen LogP contribution in [-0.4, -0.2) is 105 Å². The Labute approximate surface area is 352 Å². The predicted octanol–water partition coefficient (Wildman–Crippen LogP) is 3.92. The van der Waals surface area contributed by atoms with E-state index in [1.807, 2.05) is 0 Å². The zero-order valence-electron chi connectivity index (χ0n) is 34.6. The van der Waals surface area contributed by atoms with E-state index in [4.69, 9.17) is 14.2 Å². The summed E-state index contributed by atoms with van der Waals surface area (Å²) in [6.07, 6.45) is -6.98. The Morgan fingerprint density at radius 1 is 0.918 bits per heavy atom. The number of nitrogens with one attached hydrogen (secondary N) is 1. The lowest BCUT2D eigenvalue weighted by atomic mass is 9.42. The van der Waals surface area contributed by atoms with E-state index >= 15 is 4.79 Å². The largest absolute Gasteiger partial charge is 0.478 e. The van der Waals surface area contributed by atoms with Crippen molar-refractivity contribution in [1.29, 1.82) is 0 Å². The fourth-order valence-corrected chi connectivity index (χ4v) is 10.4. The van der Waals surface area contributed by atoms with Crippen molar-refractivity contribution in [3.63, 3.8) is 0 Å². The molecule has 11 atom stereocenters. The number of esters is 1. The summed E-state index contributed by atoms with van der Waals surface area (Å²) in [7, 11) is 0. The first kappa shape index (κ1) is 43.7. The van der Waals surface area contributed by atoms with E-state index in [0.29, 0.717) is 11.1 Å². The molecule has 3 aromatic rings. The van der Waals surface area contributed by atoms with Crippen molar-refractivity contribution in [2.45, 2.75) is 95.5 Å². The molecule has 0 aromatic heterocycles. The molecule has 3 aliphatic carbocycles. The van der Waals surface area contributed by atoms with E-state index in [1.54, 1.807) is 100 Å². The van der Waals surface area contributed by atoms with Crippen LogP contribution in [0, 0.1) is 22.7 Å². The van der Waals surface area contributed by atoms with Gasteiger partial charge in [-0.2, -0.15) is 0 Å². The summed E-state index contributed by atoms with van der Waals surface area (Å²) < 4.78 is 18.3. The van der Waals surface area contributed by atoms with Crippen LogP contribution in [0.3, 0.4) is 0 Å². The zero-order valence-corrected chi connectivity index (χ0v) is 34.6. The van der Waals surface area contributed by atoms with Crippen molar-refractivity contribution in [3.05, 3.63) is 118 Å². The number of Topliss-reactive ketones (excluding diaryl/α,β-unsaturated/α-hetero) is 3. The lowest BCUT2D eigenvalue weighted by Crippen LogP contribution is -2.72. The number of benzene rings is 3. The second kappa shape index (κ2) is 16.5. The maximum absolute atomic E-state index is 15.5. The van der Waals surface area contributed by atoms with Gasteiger partial charge in [0.2, 0.25) is 5.78 Å². The fourth-order valence-electron chi connectivity index (χ4n) is 10.4. The van der Waals surface area contributed by atoms with E-state index in [-0.39, 0.29) is 41.7 Å². The van der Waals surface area contributed by atoms with Crippen molar-refractivity contribution in [1.82, 2.24) is 5.32 Å². The molecule has 2 saturated carbocycles. The van der Waals surface area contributed by atoms with E-state index in [9.17, 15) is 44.4 Å². The number of carbonyl (C=O) groups is 6. The van der Waals surface area contributed by atoms with Crippen LogP contribution in [0.4, 0.5) is 0 Å². The quantitative estimate of drug-likeness (QED) is 0.0993. The summed E-state index contributed by atoms with van der Waals surface area (Å²) in [6, 6.07) is 21.2. The highest BCUT2D eigenvalue weighted by Gasteiger charge is 2.71. The smallest absolute Gasteiger partial charge is 0.338 e. The highest BCUT2D eigenvalue weighted by Crippen LogP contribution is 2.66. The first-order valence-electron chi connectivity index (χ1n) is 20.4. The van der Waals surface area contributed by atoms with Gasteiger partial charge in [0.1, 0.15) is 18.8 Å². The summed E-state index contributed by atoms with van der Waals surface area (Å²) in [4.78, 5) is 80.2. The van der Waals surface area contributed by atoms with Crippen LogP contribution in [0.15, 0.2) is 96.1 Å². The third-order valence-electron chi connectivity index (χ3n) is 13.9. The molecule has 322 valence electrons. The lowest BCUT2D eigenvalue weighted by molar-refractivity contribution is -0.252. The molecule has 61 heavy (non-hydrogen) atoms. The molecular weight excluding hydrogens is 787 g/mol. The van der Waals surface area contributed by atoms with Crippen LogP contribution in [0.25, 0.3) is 0 Å². The van der Waals surface area contributed by atoms with Gasteiger partial charge in [-0.15, -0.1) is 0 Å². The Bertz CT molecular complexity index is 2260. The second-order valence-corrected chi connectivity index (χ2v) is 17.5. The van der Waals surface area contributed by atoms with Crippen LogP contribution in [0.1, 0.15) is 91.3 Å². The van der Waals surface area contributed by atoms with Gasteiger partial charge in [-0.25, -0.2) is 9.59 Å². The van der Waals surface area contributed by atoms with Gasteiger partial charge in [-0.05, 0) is 66.3 Å². The van der Waals surface area contributed by atoms with Gasteiger partial charge >= 0.3 is 11.9 Å². The van der Waals surface area contributed by atoms with Crippen LogP contribution in [-0.2, 0) is 33.4 Å². The average molecular weight is 838 g/mol. The van der Waals surface area contributed by atoms with Crippen LogP contribution in [0.5, 0.6) is 0 Å². The highest BCUT2D eigenvalue weighted by molar-refractivity contribution is 6.36. The van der Waals surface area contributed by atoms with E-state index < -0.39 is 113 Å². The summed E-state index contributed by atoms with van der Waals surface area (Å²) in [5.41, 5.74) is -3.55. The van der Waals surface area contributed by atoms with Gasteiger partial charge in [-0.3, -0.25) is 19.2 Å². The molecule has 2 bridgehead atoms. The highest BCUT2D eigenvalue weighted by atomic mass is 16.6. The Morgan fingerprint density at radius 3 is 2.11 bits per heavy atom. The normalized spacial score (nSPS) is 31.1. The van der Waals surface area contributed by atoms with Crippen molar-refractivity contribution < 1.29 is 63.4 Å². The van der Waals surface area contributed by atoms with Gasteiger partial charge < -0.3 is 40.0 Å². The number of hydrogen-bond acceptors (Lipinski definition) is 12. The molecule has 3 aromatic carbocycles. The molecule has 0 spiro atoms. The van der Waals surface area contributed by atoms with E-state index in [1.165, 1.54) is 12.1 Å². The maximum atomic E-state index is 15.5. The minimum atomic E-state index is -1.99. The monoisotopic (exact) mass is 837 g/mol. The number of rotatable bonds is 12. The molecule has 3 fully saturated rings. The van der Waals surface area contributed by atoms with Gasteiger partial charge in [0.05, 0.1) is 41.4 Å². The van der Waals surface area contributed by atoms with Crippen LogP contribution < -0.4 is 5.32 Å². The Morgan fingerprint density at radius 2 is 1.54 bits per heavy atom. The number of carboxylic acids is 1. The number of fused-ring (bicyclic) bond motifs is 5. The standard InChI is InChI=1S/C47H51NO13/c1-24-33(61-44(57)39(52)38(27-12-8-6-9-13-27)48-42(54)28-14-10-7-11-15-28)21-47(58)36(26-16-18-29(19-17-26)43(55)56)37-30-22-59-32(30)20-34(51)46(37,5)41(53)40(35(24)45(47,3)4)60-23-31(50)25(2)49/h6-19,30,32-34,36-40,51-52,58H,20-23H2,1-5H3,(H,48,54)(H,55,56)/t30-,32-,33-,34-,36+,37+,38-,39+,40+,46+,47+/m0/s1. The van der Waals surface area contributed by atoms with E-state index in [0.717, 1.165) is 6.92 Å². The number of ketones is 3. The minimum absolute atomic E-state index is 0.0231. The molecule has 1 saturated heterocycles. The van der Waals surface area contributed by atoms with Gasteiger partial charge in [0.15, 0.2) is 17.7 Å². The molecule has 1 aliphatic heterocycles. The molecule has 7 rings (SSSR count). The number of hydrogen-bond donors (Lipinski definition) is 5. The lowest BCUT2D eigenvalue weighted by Gasteiger charge is -2.65. The third-order valence-corrected chi connectivity index (χ3v) is 13.9. The first-order valence-corrected chi connectivity index (χ1v) is 20.4. The van der Waals surface area contributed by atoms with Crippen LogP contribution >= 0.6 is 0 Å². The number of aliphatic hydroxyl groups excluding tert-OH is 2. The van der Waals surface area contributed by atoms with Gasteiger partial charge in [0, 0.05) is 42.6 Å². The number of carboxylic acid groups (broad SMARTS) is 1. The van der Waals surface area contributed by atoms with E-state index in [2.05, 4.69) is 5.32 Å². The molecule has 1 heterocycles. The number of aromatic carboxylic acids is 1. The first-order chi connectivity index (χ1) is 28.8. The molecular formula is C47H51NO13.